The van der Waals surface area contributed by atoms with E-state index >= 15 is 0 Å². The first-order chi connectivity index (χ1) is 15.5. The highest BCUT2D eigenvalue weighted by molar-refractivity contribution is 5.75. The van der Waals surface area contributed by atoms with Crippen LogP contribution in [0, 0.1) is 0 Å². The molecule has 3 heteroatoms. The highest BCUT2D eigenvalue weighted by Gasteiger charge is 2.15. The molecule has 0 saturated heterocycles. The number of amides is 1. The number of nitrogens with one attached hydrogen (secondary N) is 1. The van der Waals surface area contributed by atoms with Gasteiger partial charge in [0, 0.05) is 12.0 Å². The summed E-state index contributed by atoms with van der Waals surface area (Å²) in [6.45, 7) is 5.00. The summed E-state index contributed by atoms with van der Waals surface area (Å²) in [4.78, 5) is 12.1. The summed E-state index contributed by atoms with van der Waals surface area (Å²) < 4.78 is 0.892. The first-order valence-electron chi connectivity index (χ1n) is 13.7. The van der Waals surface area contributed by atoms with Crippen molar-refractivity contribution in [3.63, 3.8) is 0 Å². The van der Waals surface area contributed by atoms with Crippen LogP contribution in [-0.2, 0) is 11.3 Å². The third kappa shape index (κ3) is 17.2. The molecule has 0 atom stereocenters. The number of benzene rings is 1. The molecule has 3 nitrogen and oxygen atoms in total. The van der Waals surface area contributed by atoms with Gasteiger partial charge >= 0.3 is 0 Å². The molecular formula is C29H53N2O+. The fraction of sp³-hybridized carbons (Fsp3) is 0.759. The Kier molecular flexibility index (Phi) is 17.2. The second-order valence-electron chi connectivity index (χ2n) is 10.4. The van der Waals surface area contributed by atoms with E-state index in [-0.39, 0.29) is 5.91 Å². The molecule has 1 aromatic carbocycles. The molecule has 0 aliphatic carbocycles. The highest BCUT2D eigenvalue weighted by atomic mass is 16.1. The van der Waals surface area contributed by atoms with E-state index in [1.165, 1.54) is 95.5 Å². The summed E-state index contributed by atoms with van der Waals surface area (Å²) in [5.74, 6) is 0.222. The highest BCUT2D eigenvalue weighted by Crippen LogP contribution is 2.14. The lowest BCUT2D eigenvalue weighted by Gasteiger charge is -2.30. The number of hydrogen-bond donors (Lipinski definition) is 1. The van der Waals surface area contributed by atoms with Gasteiger partial charge in [0.2, 0.25) is 5.91 Å². The standard InChI is InChI=1S/C29H52N2O/c1-4-5-6-7-8-9-10-11-12-13-14-15-16-17-21-24-29(32)30-25-26-31(2,3)27-28-22-19-18-20-23-28/h18-20,22-23H,4-17,21,24-27H2,1-3H3/p+1. The van der Waals surface area contributed by atoms with E-state index in [4.69, 9.17) is 0 Å². The van der Waals surface area contributed by atoms with Crippen molar-refractivity contribution in [2.45, 2.75) is 116 Å². The second-order valence-corrected chi connectivity index (χ2v) is 10.4. The molecule has 1 aromatic rings. The van der Waals surface area contributed by atoms with E-state index in [9.17, 15) is 4.79 Å². The van der Waals surface area contributed by atoms with Crippen molar-refractivity contribution >= 4 is 5.91 Å². The largest absolute Gasteiger partial charge is 0.350 e. The molecule has 1 amide bonds. The third-order valence-corrected chi connectivity index (χ3v) is 6.50. The molecule has 0 radical (unpaired) electrons. The molecule has 0 unspecified atom stereocenters. The number of likely N-dealkylation sites (N-methyl/N-ethyl adjacent to an activating group) is 1. The average Bonchev–Trinajstić information content (AvgIpc) is 2.76. The van der Waals surface area contributed by atoms with Crippen molar-refractivity contribution in [2.24, 2.45) is 0 Å². The van der Waals surface area contributed by atoms with Gasteiger partial charge in [-0.05, 0) is 6.42 Å². The van der Waals surface area contributed by atoms with Gasteiger partial charge in [-0.2, -0.15) is 0 Å². The second kappa shape index (κ2) is 19.1. The summed E-state index contributed by atoms with van der Waals surface area (Å²) >= 11 is 0. The van der Waals surface area contributed by atoms with Crippen LogP contribution in [0.2, 0.25) is 0 Å². The van der Waals surface area contributed by atoms with Crippen molar-refractivity contribution in [3.05, 3.63) is 35.9 Å². The molecule has 0 aromatic heterocycles. The van der Waals surface area contributed by atoms with Gasteiger partial charge < -0.3 is 9.80 Å². The van der Waals surface area contributed by atoms with Crippen LogP contribution >= 0.6 is 0 Å². The van der Waals surface area contributed by atoms with Gasteiger partial charge in [0.05, 0.1) is 27.2 Å². The minimum atomic E-state index is 0.222. The van der Waals surface area contributed by atoms with Crippen molar-refractivity contribution in [1.29, 1.82) is 0 Å². The Balaban J connectivity index is 1.86. The Morgan fingerprint density at radius 3 is 1.69 bits per heavy atom. The molecule has 1 rings (SSSR count). The third-order valence-electron chi connectivity index (χ3n) is 6.50. The van der Waals surface area contributed by atoms with Gasteiger partial charge in [0.15, 0.2) is 0 Å². The van der Waals surface area contributed by atoms with Crippen LogP contribution in [0.5, 0.6) is 0 Å². The first-order valence-corrected chi connectivity index (χ1v) is 13.7. The molecule has 0 fully saturated rings. The van der Waals surface area contributed by atoms with Crippen LogP contribution in [0.4, 0.5) is 0 Å². The topological polar surface area (TPSA) is 29.1 Å². The Bertz CT molecular complexity index is 556. The molecule has 184 valence electrons. The predicted octanol–water partition coefficient (Wildman–Crippen LogP) is 7.64. The van der Waals surface area contributed by atoms with E-state index in [1.54, 1.807) is 0 Å². The number of nitrogens with zero attached hydrogens (tertiary/aromatic N) is 1. The Morgan fingerprint density at radius 2 is 1.19 bits per heavy atom. The van der Waals surface area contributed by atoms with Gasteiger partial charge in [-0.3, -0.25) is 4.79 Å². The van der Waals surface area contributed by atoms with Crippen molar-refractivity contribution < 1.29 is 9.28 Å². The fourth-order valence-corrected chi connectivity index (χ4v) is 4.40. The summed E-state index contributed by atoms with van der Waals surface area (Å²) in [7, 11) is 4.46. The van der Waals surface area contributed by atoms with E-state index in [2.05, 4.69) is 56.7 Å². The van der Waals surface area contributed by atoms with E-state index in [0.717, 1.165) is 30.5 Å². The SMILES string of the molecule is CCCCCCCCCCCCCCCCCC(=O)NCC[N+](C)(C)Cc1ccccc1. The monoisotopic (exact) mass is 445 g/mol. The van der Waals surface area contributed by atoms with Gasteiger partial charge in [0.25, 0.3) is 0 Å². The maximum absolute atomic E-state index is 12.1. The summed E-state index contributed by atoms with van der Waals surface area (Å²) in [6.07, 6.45) is 21.1. The molecule has 0 aliphatic heterocycles. The van der Waals surface area contributed by atoms with Crippen molar-refractivity contribution in [2.75, 3.05) is 27.2 Å². The fourth-order valence-electron chi connectivity index (χ4n) is 4.40. The molecule has 32 heavy (non-hydrogen) atoms. The van der Waals surface area contributed by atoms with Crippen LogP contribution < -0.4 is 5.32 Å². The lowest BCUT2D eigenvalue weighted by molar-refractivity contribution is -0.902. The van der Waals surface area contributed by atoms with E-state index in [1.807, 2.05) is 0 Å². The summed E-state index contributed by atoms with van der Waals surface area (Å²) in [5, 5.41) is 3.12. The normalized spacial score (nSPS) is 11.6. The average molecular weight is 446 g/mol. The number of carbonyl (C=O) groups excluding carboxylic acids is 1. The van der Waals surface area contributed by atoms with Crippen molar-refractivity contribution in [1.82, 2.24) is 5.32 Å². The van der Waals surface area contributed by atoms with Gasteiger partial charge in [0.1, 0.15) is 6.54 Å². The zero-order valence-electron chi connectivity index (χ0n) is 21.7. The molecule has 0 aliphatic rings. The maximum Gasteiger partial charge on any atom is 0.220 e. The van der Waals surface area contributed by atoms with Crippen LogP contribution in [0.15, 0.2) is 30.3 Å². The predicted molar refractivity (Wildman–Crippen MR) is 140 cm³/mol. The Morgan fingerprint density at radius 1 is 0.719 bits per heavy atom. The minimum absolute atomic E-state index is 0.222. The lowest BCUT2D eigenvalue weighted by atomic mass is 10.0. The van der Waals surface area contributed by atoms with Crippen LogP contribution in [-0.4, -0.2) is 37.6 Å². The number of rotatable bonds is 21. The first kappa shape index (κ1) is 28.7. The summed E-state index contributed by atoms with van der Waals surface area (Å²) in [6, 6.07) is 10.6. The molecular weight excluding hydrogens is 392 g/mol. The molecule has 1 N–H and O–H groups in total. The molecule has 0 spiro atoms. The zero-order chi connectivity index (χ0) is 23.3. The maximum atomic E-state index is 12.1. The van der Waals surface area contributed by atoms with Crippen molar-refractivity contribution in [3.8, 4) is 0 Å². The van der Waals surface area contributed by atoms with Gasteiger partial charge in [-0.1, -0.05) is 127 Å². The number of quaternary nitrogens is 1. The van der Waals surface area contributed by atoms with Crippen LogP contribution in [0.3, 0.4) is 0 Å². The summed E-state index contributed by atoms with van der Waals surface area (Å²) in [5.41, 5.74) is 1.35. The lowest BCUT2D eigenvalue weighted by Crippen LogP contribution is -2.44. The zero-order valence-corrected chi connectivity index (χ0v) is 21.7. The molecule has 0 saturated carbocycles. The number of unbranched alkanes of at least 4 members (excludes halogenated alkanes) is 14. The number of carbonyl (C=O) groups is 1. The van der Waals surface area contributed by atoms with Crippen LogP contribution in [0.1, 0.15) is 115 Å². The van der Waals surface area contributed by atoms with E-state index < -0.39 is 0 Å². The number of hydrogen-bond acceptors (Lipinski definition) is 1. The molecule has 0 bridgehead atoms. The Hall–Kier alpha value is -1.35. The minimum Gasteiger partial charge on any atom is -0.350 e. The van der Waals surface area contributed by atoms with Gasteiger partial charge in [-0.25, -0.2) is 0 Å². The smallest absolute Gasteiger partial charge is 0.220 e. The Labute approximate surface area is 200 Å². The van der Waals surface area contributed by atoms with Crippen LogP contribution in [0.25, 0.3) is 0 Å². The quantitative estimate of drug-likeness (QED) is 0.153. The molecule has 0 heterocycles. The van der Waals surface area contributed by atoms with E-state index in [0.29, 0.717) is 6.42 Å². The van der Waals surface area contributed by atoms with Gasteiger partial charge in [-0.15, -0.1) is 0 Å².